The Balaban J connectivity index is 1.53. The second-order valence-electron chi connectivity index (χ2n) is 9.89. The highest BCUT2D eigenvalue weighted by molar-refractivity contribution is 6.03. The quantitative estimate of drug-likeness (QED) is 0.0553. The van der Waals surface area contributed by atoms with Gasteiger partial charge in [-0.2, -0.15) is 15.0 Å². The van der Waals surface area contributed by atoms with E-state index in [4.69, 9.17) is 5.73 Å². The molecule has 1 heterocycles. The number of rotatable bonds is 12. The predicted molar refractivity (Wildman–Crippen MR) is 184 cm³/mol. The van der Waals surface area contributed by atoms with Gasteiger partial charge in [0.15, 0.2) is 0 Å². The summed E-state index contributed by atoms with van der Waals surface area (Å²) in [6, 6.07) is 23.1. The van der Waals surface area contributed by atoms with Gasteiger partial charge in [-0.25, -0.2) is 4.99 Å². The number of hydrogen-bond donors (Lipinski definition) is 7. The van der Waals surface area contributed by atoms with Crippen molar-refractivity contribution < 1.29 is 0 Å². The number of aryl methyl sites for hydroxylation is 1. The van der Waals surface area contributed by atoms with E-state index in [1.807, 2.05) is 93.6 Å². The SMILES string of the molecule is C=C(NC(=NC(C)=NCC)Nc1cccc(Nc2nc(NCCC)nc(Nc3cccc(C)c3)n2)c1)Nc1cccc(N)c1. The van der Waals surface area contributed by atoms with Gasteiger partial charge < -0.3 is 37.6 Å². The van der Waals surface area contributed by atoms with Gasteiger partial charge in [0.1, 0.15) is 11.7 Å². The molecule has 0 spiro atoms. The van der Waals surface area contributed by atoms with Gasteiger partial charge in [0.25, 0.3) is 0 Å². The molecule has 44 heavy (non-hydrogen) atoms. The lowest BCUT2D eigenvalue weighted by Crippen LogP contribution is -2.33. The van der Waals surface area contributed by atoms with E-state index in [2.05, 4.69) is 70.3 Å². The summed E-state index contributed by atoms with van der Waals surface area (Å²) in [5, 5.41) is 19.6. The molecule has 3 aromatic carbocycles. The van der Waals surface area contributed by atoms with Crippen LogP contribution in [-0.4, -0.2) is 39.8 Å². The molecule has 0 fully saturated rings. The second kappa shape index (κ2) is 15.5. The van der Waals surface area contributed by atoms with Crippen molar-refractivity contribution in [3.63, 3.8) is 0 Å². The molecule has 0 aliphatic rings. The Labute approximate surface area is 258 Å². The van der Waals surface area contributed by atoms with E-state index in [0.717, 1.165) is 41.3 Å². The van der Waals surface area contributed by atoms with E-state index in [9.17, 15) is 0 Å². The molecule has 4 rings (SSSR count). The minimum absolute atomic E-state index is 0.392. The summed E-state index contributed by atoms with van der Waals surface area (Å²) in [6.45, 7) is 13.4. The van der Waals surface area contributed by atoms with Crippen LogP contribution in [0.1, 0.15) is 32.8 Å². The maximum absolute atomic E-state index is 5.92. The summed E-state index contributed by atoms with van der Waals surface area (Å²) in [6.07, 6.45) is 0.935. The van der Waals surface area contributed by atoms with Gasteiger partial charge in [0.05, 0.1) is 0 Å². The predicted octanol–water partition coefficient (Wildman–Crippen LogP) is 6.45. The van der Waals surface area contributed by atoms with Gasteiger partial charge in [-0.1, -0.05) is 37.8 Å². The van der Waals surface area contributed by atoms with E-state index in [0.29, 0.717) is 47.7 Å². The number of benzene rings is 3. The number of nitrogen functional groups attached to an aromatic ring is 1. The molecule has 4 aromatic rings. The highest BCUT2D eigenvalue weighted by atomic mass is 15.3. The fourth-order valence-electron chi connectivity index (χ4n) is 4.07. The Morgan fingerprint density at radius 1 is 0.795 bits per heavy atom. The topological polar surface area (TPSA) is 162 Å². The molecule has 0 amide bonds. The average Bonchev–Trinajstić information content (AvgIpc) is 2.96. The Morgan fingerprint density at radius 2 is 1.41 bits per heavy atom. The zero-order valence-corrected chi connectivity index (χ0v) is 25.6. The van der Waals surface area contributed by atoms with E-state index in [-0.39, 0.29) is 0 Å². The van der Waals surface area contributed by atoms with Crippen molar-refractivity contribution >= 4 is 58.1 Å². The Bertz CT molecular complexity index is 1630. The summed E-state index contributed by atoms with van der Waals surface area (Å²) in [5.74, 6) is 2.85. The maximum atomic E-state index is 5.92. The van der Waals surface area contributed by atoms with Crippen molar-refractivity contribution in [1.82, 2.24) is 20.3 Å². The molecule has 12 heteroatoms. The normalized spacial score (nSPS) is 11.5. The average molecular weight is 593 g/mol. The van der Waals surface area contributed by atoms with Gasteiger partial charge in [-0.3, -0.25) is 4.99 Å². The molecular weight excluding hydrogens is 552 g/mol. The first-order valence-corrected chi connectivity index (χ1v) is 14.5. The van der Waals surface area contributed by atoms with E-state index >= 15 is 0 Å². The molecule has 0 aliphatic heterocycles. The summed E-state index contributed by atoms with van der Waals surface area (Å²) >= 11 is 0. The molecular formula is C32H40N12. The highest BCUT2D eigenvalue weighted by Gasteiger charge is 2.10. The fourth-order valence-corrected chi connectivity index (χ4v) is 4.07. The summed E-state index contributed by atoms with van der Waals surface area (Å²) in [7, 11) is 0. The van der Waals surface area contributed by atoms with E-state index < -0.39 is 0 Å². The van der Waals surface area contributed by atoms with Gasteiger partial charge in [-0.15, -0.1) is 0 Å². The molecule has 0 saturated carbocycles. The van der Waals surface area contributed by atoms with Crippen LogP contribution in [0.3, 0.4) is 0 Å². The number of guanidine groups is 1. The third-order valence-corrected chi connectivity index (χ3v) is 5.94. The number of amidine groups is 1. The largest absolute Gasteiger partial charge is 0.399 e. The summed E-state index contributed by atoms with van der Waals surface area (Å²) < 4.78 is 0. The summed E-state index contributed by atoms with van der Waals surface area (Å²) in [4.78, 5) is 22.7. The van der Waals surface area contributed by atoms with Crippen LogP contribution >= 0.6 is 0 Å². The standard InChI is InChI=1S/C32H40N12/c1-6-17-35-29-42-31(39-25-13-8-11-21(3)18-25)44-32(43-29)41-28-16-10-15-27(20-28)40-30(37-22(4)34-7-2)38-23(5)36-26-14-9-12-24(33)19-26/h8-16,18-20,36H,5-7,17,33H2,1-4H3,(H2,34,37,38,40)(H3,35,39,41,42,43,44). The van der Waals surface area contributed by atoms with Crippen LogP contribution in [0.5, 0.6) is 0 Å². The maximum Gasteiger partial charge on any atom is 0.233 e. The van der Waals surface area contributed by atoms with Gasteiger partial charge >= 0.3 is 0 Å². The first kappa shape index (κ1) is 31.3. The molecule has 1 aromatic heterocycles. The van der Waals surface area contributed by atoms with Crippen LogP contribution in [-0.2, 0) is 0 Å². The van der Waals surface area contributed by atoms with Crippen LogP contribution in [0, 0.1) is 6.92 Å². The molecule has 0 radical (unpaired) electrons. The lowest BCUT2D eigenvalue weighted by atomic mass is 10.2. The van der Waals surface area contributed by atoms with Crippen LogP contribution in [0.15, 0.2) is 95.2 Å². The monoisotopic (exact) mass is 592 g/mol. The zero-order valence-electron chi connectivity index (χ0n) is 25.6. The molecule has 0 unspecified atom stereocenters. The zero-order chi connectivity index (χ0) is 31.3. The Hall–Kier alpha value is -5.65. The first-order valence-electron chi connectivity index (χ1n) is 14.5. The van der Waals surface area contributed by atoms with Crippen molar-refractivity contribution in [1.29, 1.82) is 0 Å². The lowest BCUT2D eigenvalue weighted by molar-refractivity contribution is 0.942. The number of nitrogens with one attached hydrogen (secondary N) is 6. The van der Waals surface area contributed by atoms with Crippen molar-refractivity contribution in [3.8, 4) is 0 Å². The number of anilines is 8. The number of nitrogens with zero attached hydrogens (tertiary/aromatic N) is 5. The Morgan fingerprint density at radius 3 is 2.07 bits per heavy atom. The number of aromatic nitrogens is 3. The van der Waals surface area contributed by atoms with Crippen LogP contribution < -0.4 is 37.6 Å². The number of aliphatic imine (C=N–C) groups is 2. The molecule has 0 atom stereocenters. The molecule has 0 aliphatic carbocycles. The Kier molecular flexibility index (Phi) is 11.1. The minimum Gasteiger partial charge on any atom is -0.399 e. The number of hydrogen-bond acceptors (Lipinski definition) is 9. The van der Waals surface area contributed by atoms with Gasteiger partial charge in [0, 0.05) is 41.5 Å². The molecule has 0 saturated heterocycles. The molecule has 8 N–H and O–H groups in total. The van der Waals surface area contributed by atoms with Crippen LogP contribution in [0.4, 0.5) is 46.3 Å². The minimum atomic E-state index is 0.392. The lowest BCUT2D eigenvalue weighted by Gasteiger charge is -2.17. The third kappa shape index (κ3) is 10.0. The smallest absolute Gasteiger partial charge is 0.233 e. The molecule has 228 valence electrons. The van der Waals surface area contributed by atoms with E-state index in [1.165, 1.54) is 0 Å². The highest BCUT2D eigenvalue weighted by Crippen LogP contribution is 2.22. The van der Waals surface area contributed by atoms with Crippen molar-refractivity contribution in [2.24, 2.45) is 9.98 Å². The van der Waals surface area contributed by atoms with Crippen LogP contribution in [0.2, 0.25) is 0 Å². The third-order valence-electron chi connectivity index (χ3n) is 5.94. The van der Waals surface area contributed by atoms with Gasteiger partial charge in [-0.05, 0) is 81.3 Å². The van der Waals surface area contributed by atoms with Crippen molar-refractivity contribution in [2.75, 3.05) is 45.4 Å². The van der Waals surface area contributed by atoms with Crippen molar-refractivity contribution in [3.05, 3.63) is 90.8 Å². The van der Waals surface area contributed by atoms with Crippen LogP contribution in [0.25, 0.3) is 0 Å². The van der Waals surface area contributed by atoms with Crippen molar-refractivity contribution in [2.45, 2.75) is 34.1 Å². The fraction of sp³-hybridized carbons (Fsp3) is 0.219. The summed E-state index contributed by atoms with van der Waals surface area (Å²) in [5.41, 5.74) is 10.9. The van der Waals surface area contributed by atoms with Gasteiger partial charge in [0.2, 0.25) is 23.8 Å². The van der Waals surface area contributed by atoms with E-state index in [1.54, 1.807) is 0 Å². The molecule has 0 bridgehead atoms. The molecule has 12 nitrogen and oxygen atoms in total. The number of nitrogens with two attached hydrogens (primary N) is 1. The second-order valence-corrected chi connectivity index (χ2v) is 9.89. The first-order chi connectivity index (χ1) is 21.3.